The molecule has 20 heavy (non-hydrogen) atoms. The van der Waals surface area contributed by atoms with Crippen LogP contribution in [0.3, 0.4) is 0 Å². The summed E-state index contributed by atoms with van der Waals surface area (Å²) in [6.07, 6.45) is 0. The van der Waals surface area contributed by atoms with Crippen molar-refractivity contribution in [3.05, 3.63) is 35.7 Å². The number of hydrogen-bond acceptors (Lipinski definition) is 5. The van der Waals surface area contributed by atoms with E-state index in [1.54, 1.807) is 24.3 Å². The van der Waals surface area contributed by atoms with E-state index in [0.29, 0.717) is 23.9 Å². The summed E-state index contributed by atoms with van der Waals surface area (Å²) in [7, 11) is 0. The van der Waals surface area contributed by atoms with Crippen molar-refractivity contribution in [2.75, 3.05) is 6.61 Å². The summed E-state index contributed by atoms with van der Waals surface area (Å²) >= 11 is 0. The van der Waals surface area contributed by atoms with Crippen LogP contribution in [0.15, 0.2) is 24.3 Å². The largest absolute Gasteiger partial charge is 0.493 e. The Kier molecular flexibility index (Phi) is 4.65. The number of ether oxygens (including phenoxy) is 1. The lowest BCUT2D eigenvalue weighted by atomic mass is 10.2. The number of carbonyl (C=O) groups is 1. The quantitative estimate of drug-likeness (QED) is 0.825. The van der Waals surface area contributed by atoms with Gasteiger partial charge in [-0.15, -0.1) is 10.2 Å². The molecule has 0 saturated carbocycles. The van der Waals surface area contributed by atoms with Gasteiger partial charge in [-0.05, 0) is 30.2 Å². The van der Waals surface area contributed by atoms with E-state index in [0.717, 1.165) is 5.75 Å². The number of carbonyl (C=O) groups excluding carboxylic acids is 1. The van der Waals surface area contributed by atoms with Gasteiger partial charge < -0.3 is 10.1 Å². The van der Waals surface area contributed by atoms with E-state index in [1.165, 1.54) is 0 Å². The number of benzene rings is 1. The first-order chi connectivity index (χ1) is 9.65. The second-order valence-corrected chi connectivity index (χ2v) is 4.74. The number of H-pyrrole nitrogens is 1. The maximum atomic E-state index is 11.9. The van der Waals surface area contributed by atoms with Gasteiger partial charge in [-0.25, -0.2) is 0 Å². The number of nitrogens with one attached hydrogen (secondary N) is 2. The summed E-state index contributed by atoms with van der Waals surface area (Å²) in [6, 6.07) is 7.01. The van der Waals surface area contributed by atoms with Crippen LogP contribution in [0.5, 0.6) is 5.75 Å². The van der Waals surface area contributed by atoms with Gasteiger partial charge in [0.05, 0.1) is 13.2 Å². The van der Waals surface area contributed by atoms with Gasteiger partial charge in [-0.2, -0.15) is 5.21 Å². The molecule has 1 heterocycles. The lowest BCUT2D eigenvalue weighted by molar-refractivity contribution is 0.0950. The Labute approximate surface area is 116 Å². The van der Waals surface area contributed by atoms with E-state index in [-0.39, 0.29) is 12.5 Å². The summed E-state index contributed by atoms with van der Waals surface area (Å²) in [4.78, 5) is 11.9. The van der Waals surface area contributed by atoms with E-state index in [9.17, 15) is 4.79 Å². The zero-order valence-corrected chi connectivity index (χ0v) is 11.5. The average Bonchev–Trinajstić information content (AvgIpc) is 2.96. The topological polar surface area (TPSA) is 92.8 Å². The zero-order valence-electron chi connectivity index (χ0n) is 11.5. The first-order valence-electron chi connectivity index (χ1n) is 6.38. The predicted molar refractivity (Wildman–Crippen MR) is 72.1 cm³/mol. The first kappa shape index (κ1) is 14.0. The second kappa shape index (κ2) is 6.65. The fraction of sp³-hybridized carbons (Fsp3) is 0.385. The van der Waals surface area contributed by atoms with Gasteiger partial charge in [0.1, 0.15) is 5.75 Å². The van der Waals surface area contributed by atoms with Crippen LogP contribution in [0.4, 0.5) is 0 Å². The fourth-order valence-electron chi connectivity index (χ4n) is 1.48. The first-order valence-corrected chi connectivity index (χ1v) is 6.38. The van der Waals surface area contributed by atoms with E-state index >= 15 is 0 Å². The minimum Gasteiger partial charge on any atom is -0.493 e. The molecular formula is C13H17N5O2. The summed E-state index contributed by atoms with van der Waals surface area (Å²) in [6.45, 7) is 5.06. The van der Waals surface area contributed by atoms with Crippen molar-refractivity contribution >= 4 is 5.91 Å². The fourth-order valence-corrected chi connectivity index (χ4v) is 1.48. The van der Waals surface area contributed by atoms with Crippen LogP contribution in [-0.2, 0) is 6.54 Å². The van der Waals surface area contributed by atoms with Gasteiger partial charge in [-0.1, -0.05) is 19.1 Å². The molecule has 0 fully saturated rings. The maximum Gasteiger partial charge on any atom is 0.251 e. The van der Waals surface area contributed by atoms with Crippen molar-refractivity contribution in [1.82, 2.24) is 25.9 Å². The molecule has 2 rings (SSSR count). The molecule has 0 unspecified atom stereocenters. The Morgan fingerprint density at radius 2 is 2.10 bits per heavy atom. The number of amides is 1. The van der Waals surface area contributed by atoms with Crippen LogP contribution in [-0.4, -0.2) is 33.1 Å². The molecule has 2 aromatic rings. The van der Waals surface area contributed by atoms with Crippen LogP contribution < -0.4 is 10.1 Å². The Bertz CT molecular complexity index is 536. The van der Waals surface area contributed by atoms with Gasteiger partial charge in [-0.3, -0.25) is 4.79 Å². The monoisotopic (exact) mass is 275 g/mol. The van der Waals surface area contributed by atoms with Crippen LogP contribution in [0.2, 0.25) is 0 Å². The van der Waals surface area contributed by atoms with Gasteiger partial charge in [0.15, 0.2) is 5.82 Å². The molecule has 0 aliphatic rings. The van der Waals surface area contributed by atoms with Gasteiger partial charge in [0, 0.05) is 5.56 Å². The molecule has 0 atom stereocenters. The molecule has 1 aromatic carbocycles. The highest BCUT2D eigenvalue weighted by Gasteiger charge is 2.07. The van der Waals surface area contributed by atoms with E-state index in [1.807, 2.05) is 0 Å². The van der Waals surface area contributed by atoms with Gasteiger partial charge in [0.2, 0.25) is 0 Å². The SMILES string of the molecule is CC(C)COc1ccc(C(=O)NCc2nn[nH]n2)cc1. The Hall–Kier alpha value is -2.44. The van der Waals surface area contributed by atoms with E-state index < -0.39 is 0 Å². The molecule has 7 nitrogen and oxygen atoms in total. The van der Waals surface area contributed by atoms with Gasteiger partial charge in [0.25, 0.3) is 5.91 Å². The van der Waals surface area contributed by atoms with Crippen molar-refractivity contribution in [2.24, 2.45) is 5.92 Å². The zero-order chi connectivity index (χ0) is 14.4. The Balaban J connectivity index is 1.87. The number of aromatic amines is 1. The molecule has 1 amide bonds. The normalized spacial score (nSPS) is 10.6. The summed E-state index contributed by atoms with van der Waals surface area (Å²) in [5.41, 5.74) is 0.561. The number of nitrogens with zero attached hydrogens (tertiary/aromatic N) is 3. The number of hydrogen-bond donors (Lipinski definition) is 2. The second-order valence-electron chi connectivity index (χ2n) is 4.74. The standard InChI is InChI=1S/C13H17N5O2/c1-9(2)8-20-11-5-3-10(4-6-11)13(19)14-7-12-15-17-18-16-12/h3-6,9H,7-8H2,1-2H3,(H,14,19)(H,15,16,17,18). The number of tetrazole rings is 1. The third kappa shape index (κ3) is 4.04. The maximum absolute atomic E-state index is 11.9. The molecule has 0 radical (unpaired) electrons. The van der Waals surface area contributed by atoms with Crippen molar-refractivity contribution in [3.63, 3.8) is 0 Å². The van der Waals surface area contributed by atoms with Crippen LogP contribution in [0.1, 0.15) is 30.0 Å². The predicted octanol–water partition coefficient (Wildman–Crippen LogP) is 1.16. The smallest absolute Gasteiger partial charge is 0.251 e. The molecular weight excluding hydrogens is 258 g/mol. The summed E-state index contributed by atoms with van der Waals surface area (Å²) < 4.78 is 5.56. The molecule has 1 aromatic heterocycles. The van der Waals surface area contributed by atoms with Gasteiger partial charge >= 0.3 is 0 Å². The van der Waals surface area contributed by atoms with Crippen molar-refractivity contribution in [1.29, 1.82) is 0 Å². The van der Waals surface area contributed by atoms with Crippen LogP contribution >= 0.6 is 0 Å². The Morgan fingerprint density at radius 1 is 1.35 bits per heavy atom. The third-order valence-corrected chi connectivity index (χ3v) is 2.50. The van der Waals surface area contributed by atoms with Crippen LogP contribution in [0.25, 0.3) is 0 Å². The summed E-state index contributed by atoms with van der Waals surface area (Å²) in [5, 5.41) is 16.0. The molecule has 0 aliphatic heterocycles. The lowest BCUT2D eigenvalue weighted by Crippen LogP contribution is -2.23. The van der Waals surface area contributed by atoms with Crippen molar-refractivity contribution < 1.29 is 9.53 Å². The minimum absolute atomic E-state index is 0.190. The highest BCUT2D eigenvalue weighted by atomic mass is 16.5. The number of rotatable bonds is 6. The molecule has 0 saturated heterocycles. The Morgan fingerprint density at radius 3 is 2.70 bits per heavy atom. The van der Waals surface area contributed by atoms with Crippen molar-refractivity contribution in [3.8, 4) is 5.75 Å². The highest BCUT2D eigenvalue weighted by Crippen LogP contribution is 2.13. The van der Waals surface area contributed by atoms with E-state index in [2.05, 4.69) is 39.8 Å². The molecule has 7 heteroatoms. The number of aromatic nitrogens is 4. The average molecular weight is 275 g/mol. The lowest BCUT2D eigenvalue weighted by Gasteiger charge is -2.09. The highest BCUT2D eigenvalue weighted by molar-refractivity contribution is 5.94. The molecule has 0 aliphatic carbocycles. The van der Waals surface area contributed by atoms with E-state index in [4.69, 9.17) is 4.74 Å². The third-order valence-electron chi connectivity index (χ3n) is 2.50. The molecule has 2 N–H and O–H groups in total. The molecule has 0 bridgehead atoms. The van der Waals surface area contributed by atoms with Crippen molar-refractivity contribution in [2.45, 2.75) is 20.4 Å². The summed E-state index contributed by atoms with van der Waals surface area (Å²) in [5.74, 6) is 1.47. The molecule has 106 valence electrons. The molecule has 0 spiro atoms. The minimum atomic E-state index is -0.190. The van der Waals surface area contributed by atoms with Crippen LogP contribution in [0, 0.1) is 5.92 Å².